The number of benzene rings is 2. The number of aromatic nitrogens is 2. The summed E-state index contributed by atoms with van der Waals surface area (Å²) in [5.74, 6) is 0.361. The minimum Gasteiger partial charge on any atom is -0.282 e. The Hall–Kier alpha value is -1.83. The molecule has 0 saturated carbocycles. The third-order valence-electron chi connectivity index (χ3n) is 4.13. The molecule has 5 nitrogen and oxygen atoms in total. The molecule has 1 aliphatic heterocycles. The fourth-order valence-electron chi connectivity index (χ4n) is 2.91. The minimum atomic E-state index is -3.53. The summed E-state index contributed by atoms with van der Waals surface area (Å²) in [6.07, 6.45) is 0. The van der Waals surface area contributed by atoms with E-state index >= 15 is 0 Å². The summed E-state index contributed by atoms with van der Waals surface area (Å²) < 4.78 is 26.9. The first-order valence-electron chi connectivity index (χ1n) is 7.58. The lowest BCUT2D eigenvalue weighted by Crippen LogP contribution is -2.29. The average Bonchev–Trinajstić information content (AvgIpc) is 2.98. The second kappa shape index (κ2) is 6.16. The number of hydrogen-bond donors (Lipinski definition) is 0. The molecule has 2 heterocycles. The zero-order chi connectivity index (χ0) is 17.6. The maximum atomic E-state index is 12.8. The van der Waals surface area contributed by atoms with Crippen molar-refractivity contribution in [2.45, 2.75) is 16.1 Å². The highest BCUT2D eigenvalue weighted by atomic mass is 35.5. The summed E-state index contributed by atoms with van der Waals surface area (Å²) in [5.41, 5.74) is 0.439. The number of thioether (sulfide) groups is 1. The molecule has 0 aliphatic carbocycles. The molecule has 1 aliphatic rings. The number of rotatable bonds is 3. The van der Waals surface area contributed by atoms with Crippen LogP contribution in [0.3, 0.4) is 0 Å². The van der Waals surface area contributed by atoms with Crippen LogP contribution in [0, 0.1) is 0 Å². The van der Waals surface area contributed by atoms with Crippen LogP contribution >= 0.6 is 23.4 Å². The van der Waals surface area contributed by atoms with E-state index in [-0.39, 0.29) is 16.2 Å². The summed E-state index contributed by atoms with van der Waals surface area (Å²) in [6, 6.07) is 12.7. The van der Waals surface area contributed by atoms with Gasteiger partial charge in [-0.05, 0) is 36.4 Å². The van der Waals surface area contributed by atoms with Crippen LogP contribution in [-0.2, 0) is 9.84 Å². The largest absolute Gasteiger partial charge is 0.282 e. The van der Waals surface area contributed by atoms with Crippen molar-refractivity contribution in [3.8, 4) is 0 Å². The lowest BCUT2D eigenvalue weighted by atomic mass is 10.2. The van der Waals surface area contributed by atoms with Crippen molar-refractivity contribution >= 4 is 44.1 Å². The number of hydrogen-bond acceptors (Lipinski definition) is 5. The van der Waals surface area contributed by atoms with Gasteiger partial charge in [0.25, 0.3) is 5.56 Å². The molecule has 25 heavy (non-hydrogen) atoms. The van der Waals surface area contributed by atoms with Gasteiger partial charge < -0.3 is 0 Å². The van der Waals surface area contributed by atoms with Crippen molar-refractivity contribution in [1.29, 1.82) is 0 Å². The van der Waals surface area contributed by atoms with E-state index in [2.05, 4.69) is 4.98 Å². The zero-order valence-corrected chi connectivity index (χ0v) is 15.3. The molecule has 0 fully saturated rings. The van der Waals surface area contributed by atoms with Gasteiger partial charge in [-0.15, -0.1) is 0 Å². The predicted molar refractivity (Wildman–Crippen MR) is 99.3 cm³/mol. The van der Waals surface area contributed by atoms with Crippen molar-refractivity contribution < 1.29 is 8.42 Å². The third-order valence-corrected chi connectivity index (χ3v) is 7.29. The maximum Gasteiger partial charge on any atom is 0.262 e. The van der Waals surface area contributed by atoms with E-state index in [1.165, 1.54) is 28.5 Å². The molecular formula is C17H13ClN2O3S2. The molecule has 8 heteroatoms. The van der Waals surface area contributed by atoms with Crippen LogP contribution in [0.15, 0.2) is 63.4 Å². The lowest BCUT2D eigenvalue weighted by molar-refractivity contribution is 0.532. The van der Waals surface area contributed by atoms with E-state index in [1.807, 2.05) is 6.07 Å². The Bertz CT molecular complexity index is 1120. The smallest absolute Gasteiger partial charge is 0.262 e. The van der Waals surface area contributed by atoms with E-state index in [1.54, 1.807) is 30.3 Å². The van der Waals surface area contributed by atoms with Crippen molar-refractivity contribution in [3.63, 3.8) is 0 Å². The highest BCUT2D eigenvalue weighted by Gasteiger charge is 2.31. The highest BCUT2D eigenvalue weighted by Crippen LogP contribution is 2.33. The number of fused-ring (bicyclic) bond motifs is 2. The number of sulfone groups is 1. The first-order valence-corrected chi connectivity index (χ1v) is 10.6. The monoisotopic (exact) mass is 392 g/mol. The standard InChI is InChI=1S/C17H13ClN2O3S2/c18-11-5-7-13(8-6-11)25(22,23)10-12-9-24-17-19-15-4-2-1-3-14(15)16(21)20(12)17/h1-8,12H,9-10H2/t12-/m0/s1. The van der Waals surface area contributed by atoms with Gasteiger partial charge in [0.05, 0.1) is 27.6 Å². The molecule has 0 amide bonds. The molecule has 128 valence electrons. The van der Waals surface area contributed by atoms with Crippen molar-refractivity contribution in [3.05, 3.63) is 63.9 Å². The van der Waals surface area contributed by atoms with Gasteiger partial charge in [-0.25, -0.2) is 13.4 Å². The quantitative estimate of drug-likeness (QED) is 0.640. The Morgan fingerprint density at radius 2 is 1.88 bits per heavy atom. The van der Waals surface area contributed by atoms with Crippen LogP contribution in [0.25, 0.3) is 10.9 Å². The summed E-state index contributed by atoms with van der Waals surface area (Å²) in [7, 11) is -3.53. The van der Waals surface area contributed by atoms with Crippen LogP contribution in [0.4, 0.5) is 0 Å². The van der Waals surface area contributed by atoms with Crippen LogP contribution in [-0.4, -0.2) is 29.5 Å². The van der Waals surface area contributed by atoms with Gasteiger partial charge in [0.15, 0.2) is 15.0 Å². The Kier molecular flexibility index (Phi) is 4.10. The molecule has 0 bridgehead atoms. The Morgan fingerprint density at radius 3 is 2.64 bits per heavy atom. The highest BCUT2D eigenvalue weighted by molar-refractivity contribution is 7.99. The van der Waals surface area contributed by atoms with Gasteiger partial charge in [-0.1, -0.05) is 35.5 Å². The number of nitrogens with zero attached hydrogens (tertiary/aromatic N) is 2. The molecule has 0 saturated heterocycles. The Labute approximate surface area is 153 Å². The van der Waals surface area contributed by atoms with Crippen LogP contribution in [0.1, 0.15) is 6.04 Å². The molecule has 0 N–H and O–H groups in total. The zero-order valence-electron chi connectivity index (χ0n) is 12.9. The van der Waals surface area contributed by atoms with Gasteiger partial charge in [0.2, 0.25) is 0 Å². The van der Waals surface area contributed by atoms with E-state index < -0.39 is 15.9 Å². The van der Waals surface area contributed by atoms with Crippen molar-refractivity contribution in [2.24, 2.45) is 0 Å². The average molecular weight is 393 g/mol. The maximum absolute atomic E-state index is 12.8. The van der Waals surface area contributed by atoms with Gasteiger partial charge in [0, 0.05) is 10.8 Å². The van der Waals surface area contributed by atoms with Crippen LogP contribution in [0.5, 0.6) is 0 Å². The predicted octanol–water partition coefficient (Wildman–Crippen LogP) is 3.17. The fraction of sp³-hybridized carbons (Fsp3) is 0.176. The van der Waals surface area contributed by atoms with Gasteiger partial charge in [0.1, 0.15) is 0 Å². The van der Waals surface area contributed by atoms with Crippen LogP contribution in [0.2, 0.25) is 5.02 Å². The normalized spacial score (nSPS) is 16.9. The first kappa shape index (κ1) is 16.6. The van der Waals surface area contributed by atoms with Crippen molar-refractivity contribution in [2.75, 3.05) is 11.5 Å². The van der Waals surface area contributed by atoms with E-state index in [9.17, 15) is 13.2 Å². The summed E-state index contributed by atoms with van der Waals surface area (Å²) in [4.78, 5) is 17.5. The molecule has 1 aromatic heterocycles. The number of para-hydroxylation sites is 1. The molecule has 0 spiro atoms. The lowest BCUT2D eigenvalue weighted by Gasteiger charge is -2.14. The summed E-state index contributed by atoms with van der Waals surface area (Å²) in [5, 5.41) is 1.55. The first-order chi connectivity index (χ1) is 12.0. The molecule has 3 aromatic rings. The topological polar surface area (TPSA) is 69.0 Å². The summed E-state index contributed by atoms with van der Waals surface area (Å²) >= 11 is 7.23. The SMILES string of the molecule is O=c1c2ccccc2nc2n1[C@H](CS(=O)(=O)c1ccc(Cl)cc1)CS2. The molecule has 1 atom stereocenters. The second-order valence-corrected chi connectivity index (χ2v) is 9.24. The van der Waals surface area contributed by atoms with Crippen molar-refractivity contribution in [1.82, 2.24) is 9.55 Å². The molecule has 0 radical (unpaired) electrons. The minimum absolute atomic E-state index is 0.144. The summed E-state index contributed by atoms with van der Waals surface area (Å²) in [6.45, 7) is 0. The molecule has 4 rings (SSSR count). The van der Waals surface area contributed by atoms with Gasteiger partial charge >= 0.3 is 0 Å². The van der Waals surface area contributed by atoms with E-state index in [4.69, 9.17) is 11.6 Å². The molecular weight excluding hydrogens is 380 g/mol. The fourth-order valence-corrected chi connectivity index (χ4v) is 5.84. The Balaban J connectivity index is 1.75. The Morgan fingerprint density at radius 1 is 1.16 bits per heavy atom. The van der Waals surface area contributed by atoms with Gasteiger partial charge in [-0.2, -0.15) is 0 Å². The van der Waals surface area contributed by atoms with Gasteiger partial charge in [-0.3, -0.25) is 9.36 Å². The second-order valence-electron chi connectivity index (χ2n) is 5.79. The third kappa shape index (κ3) is 2.96. The number of halogens is 1. The van der Waals surface area contributed by atoms with Crippen LogP contribution < -0.4 is 5.56 Å². The van der Waals surface area contributed by atoms with E-state index in [0.717, 1.165) is 0 Å². The molecule has 2 aromatic carbocycles. The molecule has 0 unspecified atom stereocenters. The van der Waals surface area contributed by atoms with E-state index in [0.29, 0.717) is 26.8 Å².